The van der Waals surface area contributed by atoms with Crippen LogP contribution >= 0.6 is 0 Å². The summed E-state index contributed by atoms with van der Waals surface area (Å²) < 4.78 is 10.3. The van der Waals surface area contributed by atoms with Crippen LogP contribution in [-0.2, 0) is 9.53 Å². The summed E-state index contributed by atoms with van der Waals surface area (Å²) in [7, 11) is 0. The summed E-state index contributed by atoms with van der Waals surface area (Å²) in [6.45, 7) is 3.25. The number of aromatic amines is 1. The first-order valence-electron chi connectivity index (χ1n) is 7.74. The molecule has 1 amide bonds. The summed E-state index contributed by atoms with van der Waals surface area (Å²) in [6, 6.07) is 5.25. The van der Waals surface area contributed by atoms with Gasteiger partial charge in [0.1, 0.15) is 5.69 Å². The van der Waals surface area contributed by atoms with E-state index in [1.165, 1.54) is 0 Å². The number of carbonyl (C=O) groups is 2. The molecule has 7 nitrogen and oxygen atoms in total. The van der Waals surface area contributed by atoms with Gasteiger partial charge in [-0.1, -0.05) is 0 Å². The summed E-state index contributed by atoms with van der Waals surface area (Å²) in [5, 5.41) is 6.87. The van der Waals surface area contributed by atoms with Gasteiger partial charge in [-0.25, -0.2) is 0 Å². The molecule has 0 spiro atoms. The highest BCUT2D eigenvalue weighted by Gasteiger charge is 2.29. The maximum atomic E-state index is 12.5. The van der Waals surface area contributed by atoms with Crippen LogP contribution in [0.25, 0.3) is 11.5 Å². The summed E-state index contributed by atoms with van der Waals surface area (Å²) in [6.07, 6.45) is 2.82. The van der Waals surface area contributed by atoms with E-state index < -0.39 is 0 Å². The molecule has 23 heavy (non-hydrogen) atoms. The van der Waals surface area contributed by atoms with E-state index in [0.29, 0.717) is 49.7 Å². The summed E-state index contributed by atoms with van der Waals surface area (Å²) in [4.78, 5) is 25.9. The molecule has 2 aromatic rings. The lowest BCUT2D eigenvalue weighted by Gasteiger charge is -2.30. The van der Waals surface area contributed by atoms with Crippen LogP contribution in [0, 0.1) is 5.92 Å². The van der Waals surface area contributed by atoms with Crippen molar-refractivity contribution in [3.05, 3.63) is 30.2 Å². The topological polar surface area (TPSA) is 88.4 Å². The molecule has 0 atom stereocenters. The quantitative estimate of drug-likeness (QED) is 0.872. The minimum absolute atomic E-state index is 0.114. The highest BCUT2D eigenvalue weighted by Crippen LogP contribution is 2.22. The van der Waals surface area contributed by atoms with E-state index in [4.69, 9.17) is 9.15 Å². The molecule has 0 aromatic carbocycles. The van der Waals surface area contributed by atoms with E-state index in [0.717, 1.165) is 0 Å². The normalized spacial score (nSPS) is 15.6. The van der Waals surface area contributed by atoms with Gasteiger partial charge < -0.3 is 14.1 Å². The molecular formula is C16H19N3O4. The van der Waals surface area contributed by atoms with Crippen molar-refractivity contribution in [2.24, 2.45) is 5.92 Å². The van der Waals surface area contributed by atoms with Gasteiger partial charge in [-0.15, -0.1) is 0 Å². The Kier molecular flexibility index (Phi) is 4.45. The van der Waals surface area contributed by atoms with Crippen LogP contribution in [0.15, 0.2) is 28.9 Å². The Balaban J connectivity index is 1.60. The fraction of sp³-hybridized carbons (Fsp3) is 0.438. The van der Waals surface area contributed by atoms with Crippen LogP contribution in [0.5, 0.6) is 0 Å². The molecule has 3 rings (SSSR count). The molecule has 1 aliphatic heterocycles. The maximum absolute atomic E-state index is 12.5. The van der Waals surface area contributed by atoms with Crippen molar-refractivity contribution in [1.82, 2.24) is 15.1 Å². The second-order valence-electron chi connectivity index (χ2n) is 5.46. The van der Waals surface area contributed by atoms with Gasteiger partial charge in [-0.05, 0) is 31.9 Å². The first-order valence-corrected chi connectivity index (χ1v) is 7.74. The van der Waals surface area contributed by atoms with Crippen LogP contribution in [-0.4, -0.2) is 46.7 Å². The van der Waals surface area contributed by atoms with Gasteiger partial charge in [0.2, 0.25) is 0 Å². The van der Waals surface area contributed by atoms with Gasteiger partial charge >= 0.3 is 5.97 Å². The van der Waals surface area contributed by atoms with Crippen LogP contribution in [0.1, 0.15) is 30.3 Å². The number of nitrogens with zero attached hydrogens (tertiary/aromatic N) is 2. The maximum Gasteiger partial charge on any atom is 0.309 e. The van der Waals surface area contributed by atoms with Gasteiger partial charge in [-0.2, -0.15) is 5.10 Å². The molecule has 7 heteroatoms. The number of aromatic nitrogens is 2. The third kappa shape index (κ3) is 3.28. The monoisotopic (exact) mass is 317 g/mol. The minimum Gasteiger partial charge on any atom is -0.466 e. The predicted octanol–water partition coefficient (Wildman–Crippen LogP) is 2.08. The predicted molar refractivity (Wildman–Crippen MR) is 81.6 cm³/mol. The highest BCUT2D eigenvalue weighted by molar-refractivity contribution is 5.93. The number of carbonyl (C=O) groups excluding carboxylic acids is 2. The van der Waals surface area contributed by atoms with E-state index in [1.807, 2.05) is 0 Å². The molecule has 0 saturated carbocycles. The van der Waals surface area contributed by atoms with Gasteiger partial charge in [0.05, 0.1) is 18.8 Å². The van der Waals surface area contributed by atoms with Crippen molar-refractivity contribution in [3.63, 3.8) is 0 Å². The van der Waals surface area contributed by atoms with Crippen LogP contribution in [0.2, 0.25) is 0 Å². The number of piperidine rings is 1. The zero-order valence-corrected chi connectivity index (χ0v) is 12.9. The van der Waals surface area contributed by atoms with Crippen LogP contribution < -0.4 is 0 Å². The van der Waals surface area contributed by atoms with Crippen molar-refractivity contribution >= 4 is 11.9 Å². The summed E-state index contributed by atoms with van der Waals surface area (Å²) in [5.74, 6) is 0.218. The molecule has 0 aliphatic carbocycles. The minimum atomic E-state index is -0.167. The molecule has 0 radical (unpaired) electrons. The van der Waals surface area contributed by atoms with Crippen LogP contribution in [0.3, 0.4) is 0 Å². The third-order valence-corrected chi connectivity index (χ3v) is 3.99. The molecule has 0 bridgehead atoms. The number of likely N-dealkylation sites (tertiary alicyclic amines) is 1. The molecule has 1 aliphatic rings. The van der Waals surface area contributed by atoms with Gasteiger partial charge in [0, 0.05) is 19.2 Å². The number of ether oxygens (including phenoxy) is 1. The van der Waals surface area contributed by atoms with Crippen molar-refractivity contribution in [1.29, 1.82) is 0 Å². The number of amides is 1. The summed E-state index contributed by atoms with van der Waals surface area (Å²) >= 11 is 0. The standard InChI is InChI=1S/C16H19N3O4/c1-2-22-16(21)11-5-7-19(8-6-11)15(20)13-10-12(17-18-13)14-4-3-9-23-14/h3-4,9-11H,2,5-8H2,1H3,(H,17,18). The van der Waals surface area contributed by atoms with Crippen molar-refractivity contribution in [2.75, 3.05) is 19.7 Å². The first-order chi connectivity index (χ1) is 11.2. The average Bonchev–Trinajstić information content (AvgIpc) is 3.25. The zero-order chi connectivity index (χ0) is 16.2. The van der Waals surface area contributed by atoms with E-state index in [1.54, 1.807) is 36.3 Å². The number of hydrogen-bond donors (Lipinski definition) is 1. The lowest BCUT2D eigenvalue weighted by Crippen LogP contribution is -2.40. The molecular weight excluding hydrogens is 298 g/mol. The Morgan fingerprint density at radius 3 is 2.87 bits per heavy atom. The third-order valence-electron chi connectivity index (χ3n) is 3.99. The SMILES string of the molecule is CCOC(=O)C1CCN(C(=O)c2cc(-c3ccco3)[nH]n2)CC1. The highest BCUT2D eigenvalue weighted by atomic mass is 16.5. The molecule has 1 N–H and O–H groups in total. The number of esters is 1. The van der Waals surface area contributed by atoms with E-state index in [2.05, 4.69) is 10.2 Å². The second kappa shape index (κ2) is 6.68. The number of hydrogen-bond acceptors (Lipinski definition) is 5. The number of furan rings is 1. The largest absolute Gasteiger partial charge is 0.466 e. The van der Waals surface area contributed by atoms with E-state index in [-0.39, 0.29) is 17.8 Å². The average molecular weight is 317 g/mol. The van der Waals surface area contributed by atoms with Gasteiger partial charge in [0.25, 0.3) is 5.91 Å². The molecule has 1 saturated heterocycles. The lowest BCUT2D eigenvalue weighted by atomic mass is 9.97. The van der Waals surface area contributed by atoms with Gasteiger partial charge in [0.15, 0.2) is 11.5 Å². The first kappa shape index (κ1) is 15.3. The zero-order valence-electron chi connectivity index (χ0n) is 12.9. The summed E-state index contributed by atoms with van der Waals surface area (Å²) in [5.41, 5.74) is 1.02. The fourth-order valence-electron chi connectivity index (χ4n) is 2.73. The Morgan fingerprint density at radius 2 is 2.22 bits per heavy atom. The Morgan fingerprint density at radius 1 is 1.43 bits per heavy atom. The van der Waals surface area contributed by atoms with E-state index in [9.17, 15) is 9.59 Å². The number of rotatable bonds is 4. The number of nitrogens with one attached hydrogen (secondary N) is 1. The van der Waals surface area contributed by atoms with Crippen molar-refractivity contribution < 1.29 is 18.7 Å². The molecule has 1 fully saturated rings. The molecule has 122 valence electrons. The smallest absolute Gasteiger partial charge is 0.309 e. The Hall–Kier alpha value is -2.57. The van der Waals surface area contributed by atoms with Crippen molar-refractivity contribution in [2.45, 2.75) is 19.8 Å². The lowest BCUT2D eigenvalue weighted by molar-refractivity contribution is -0.149. The Bertz CT molecular complexity index is 669. The van der Waals surface area contributed by atoms with Gasteiger partial charge in [-0.3, -0.25) is 14.7 Å². The molecule has 0 unspecified atom stereocenters. The van der Waals surface area contributed by atoms with E-state index >= 15 is 0 Å². The molecule has 3 heterocycles. The second-order valence-corrected chi connectivity index (χ2v) is 5.46. The number of H-pyrrole nitrogens is 1. The Labute approximate surface area is 133 Å². The van der Waals surface area contributed by atoms with Crippen molar-refractivity contribution in [3.8, 4) is 11.5 Å². The van der Waals surface area contributed by atoms with Crippen LogP contribution in [0.4, 0.5) is 0 Å². The fourth-order valence-corrected chi connectivity index (χ4v) is 2.73. The molecule has 2 aromatic heterocycles.